The van der Waals surface area contributed by atoms with Crippen molar-refractivity contribution in [3.8, 4) is 45.1 Å². The largest absolute Gasteiger partial charge is 0.309 e. The van der Waals surface area contributed by atoms with Crippen LogP contribution in [0, 0.1) is 6.92 Å². The lowest BCUT2D eigenvalue weighted by Crippen LogP contribution is -2.08. The second-order valence-corrected chi connectivity index (χ2v) is 24.7. The van der Waals surface area contributed by atoms with Crippen LogP contribution in [0.15, 0.2) is 309 Å². The van der Waals surface area contributed by atoms with Crippen molar-refractivity contribution in [3.05, 3.63) is 342 Å². The Labute approximate surface area is 530 Å². The normalized spacial score (nSPS) is 14.5. The van der Waals surface area contributed by atoms with E-state index in [4.69, 9.17) is 15.0 Å². The third-order valence-electron chi connectivity index (χ3n) is 19.5. The van der Waals surface area contributed by atoms with Gasteiger partial charge >= 0.3 is 0 Å². The van der Waals surface area contributed by atoms with Gasteiger partial charge in [0.2, 0.25) is 5.95 Å². The molecular weight excluding hydrogens is 1120 g/mol. The molecule has 0 bridgehead atoms. The van der Waals surface area contributed by atoms with E-state index in [-0.39, 0.29) is 5.92 Å². The van der Waals surface area contributed by atoms with Gasteiger partial charge in [0.25, 0.3) is 0 Å². The molecule has 1 atom stereocenters. The summed E-state index contributed by atoms with van der Waals surface area (Å²) >= 11 is 0. The van der Waals surface area contributed by atoms with Crippen LogP contribution in [0.1, 0.15) is 45.7 Å². The molecule has 6 heteroatoms. The summed E-state index contributed by atoms with van der Waals surface area (Å²) in [5.41, 5.74) is 28.5. The van der Waals surface area contributed by atoms with E-state index in [1.165, 1.54) is 93.8 Å². The first-order valence-corrected chi connectivity index (χ1v) is 31.7. The topological polar surface area (TPSA) is 52.9 Å². The number of nitrogens with zero attached hydrogens (tertiary/aromatic N) is 6. The number of pyridine rings is 1. The van der Waals surface area contributed by atoms with Gasteiger partial charge in [-0.3, -0.25) is 8.97 Å². The maximum absolute atomic E-state index is 5.76. The molecule has 0 fully saturated rings. The highest BCUT2D eigenvalue weighted by molar-refractivity contribution is 6.16. The number of hydrogen-bond donors (Lipinski definition) is 0. The predicted octanol–water partition coefficient (Wildman–Crippen LogP) is 21.6. The van der Waals surface area contributed by atoms with Gasteiger partial charge < -0.3 is 4.57 Å². The summed E-state index contributed by atoms with van der Waals surface area (Å²) in [6, 6.07) is 104. The highest BCUT2D eigenvalue weighted by Crippen LogP contribution is 2.55. The van der Waals surface area contributed by atoms with Crippen LogP contribution in [0.25, 0.3) is 144 Å². The number of fused-ring (bicyclic) bond motifs is 14. The van der Waals surface area contributed by atoms with Gasteiger partial charge in [0, 0.05) is 50.3 Å². The lowest BCUT2D eigenvalue weighted by molar-refractivity contribution is 0.973. The number of imidazole rings is 1. The van der Waals surface area contributed by atoms with E-state index < -0.39 is 0 Å². The van der Waals surface area contributed by atoms with Crippen LogP contribution in [-0.2, 0) is 0 Å². The Kier molecular flexibility index (Phi) is 11.6. The van der Waals surface area contributed by atoms with Crippen LogP contribution in [0.5, 0.6) is 0 Å². The first kappa shape index (κ1) is 52.0. The molecule has 0 saturated carbocycles. The van der Waals surface area contributed by atoms with Gasteiger partial charge in [-0.05, 0) is 187 Å². The van der Waals surface area contributed by atoms with Crippen LogP contribution in [0.4, 0.5) is 0 Å². The number of para-hydroxylation sites is 4. The predicted molar refractivity (Wildman–Crippen MR) is 382 cm³/mol. The minimum absolute atomic E-state index is 0.0206. The van der Waals surface area contributed by atoms with Gasteiger partial charge in [0.05, 0.1) is 38.8 Å². The van der Waals surface area contributed by atoms with Crippen LogP contribution in [-0.4, -0.2) is 28.5 Å². The standard InChI is InChI=1S/C86H56N6/c1-53-21-11-12-26-56(53)45-62-47-61(51-73-66-31-15-16-33-68(66)81(82(62)73)63-46-60-27-13-14-30-65(60)70(52-63)54-22-5-2-6-23-54)59-37-40-75-74(50-59)83(55-24-7-3-8-25-55)89-86(88-75)92-79-42-39-58(49-72(79)69-43-44-90-80-36-20-18-34-76(80)87-85(90)84(69)92)57-38-41-78-71(48-57)67-32-17-19-35-77(67)91(78)64-28-9-4-10-29-64/h2-46,48-52,81H,47H2,1H3/b62-45+. The molecule has 5 aromatic heterocycles. The Morgan fingerprint density at radius 3 is 1.88 bits per heavy atom. The lowest BCUT2D eigenvalue weighted by Gasteiger charge is -2.26. The third kappa shape index (κ3) is 8.10. The molecule has 5 heterocycles. The maximum Gasteiger partial charge on any atom is 0.235 e. The SMILES string of the molecule is Cc1ccccc1/C=C1\CC(c2ccc3nc(-n4c5ccc(-c6ccc7c(c6)c6ccccc6n7-c6ccccc6)cc5c5ccn6c7ccccc7nc6c54)nc(-c4ccccc4)c3c2)=CC2=C1C(c1cc(-c3ccccc3)c3ccccc3c1)c1ccccc12. The summed E-state index contributed by atoms with van der Waals surface area (Å²) in [5, 5.41) is 8.10. The molecular formula is C86H56N6. The molecule has 2 aliphatic carbocycles. The molecule has 17 aromatic rings. The smallest absolute Gasteiger partial charge is 0.235 e. The van der Waals surface area contributed by atoms with Crippen molar-refractivity contribution < 1.29 is 0 Å². The molecule has 0 N–H and O–H groups in total. The maximum atomic E-state index is 5.76. The second kappa shape index (κ2) is 20.5. The molecule has 0 spiro atoms. The zero-order valence-electron chi connectivity index (χ0n) is 50.3. The average molecular weight is 1170 g/mol. The van der Waals surface area contributed by atoms with Crippen LogP contribution in [0.2, 0.25) is 0 Å². The third-order valence-corrected chi connectivity index (χ3v) is 19.5. The highest BCUT2D eigenvalue weighted by atomic mass is 15.2. The average Bonchev–Trinajstić information content (AvgIpc) is 1.57. The van der Waals surface area contributed by atoms with Crippen molar-refractivity contribution in [1.82, 2.24) is 28.5 Å². The summed E-state index contributed by atoms with van der Waals surface area (Å²) in [4.78, 5) is 16.8. The van der Waals surface area contributed by atoms with Crippen molar-refractivity contribution in [2.24, 2.45) is 0 Å². The fraction of sp³-hybridized carbons (Fsp3) is 0.0349. The van der Waals surface area contributed by atoms with Gasteiger partial charge in [-0.2, -0.15) is 0 Å². The van der Waals surface area contributed by atoms with Crippen LogP contribution in [0.3, 0.4) is 0 Å². The van der Waals surface area contributed by atoms with Crippen LogP contribution < -0.4 is 0 Å². The number of allylic oxidation sites excluding steroid dienone is 5. The zero-order chi connectivity index (χ0) is 60.5. The molecule has 2 aliphatic rings. The number of hydrogen-bond acceptors (Lipinski definition) is 3. The Bertz CT molecular complexity index is 6040. The van der Waals surface area contributed by atoms with Crippen molar-refractivity contribution in [1.29, 1.82) is 0 Å². The first-order chi connectivity index (χ1) is 45.5. The fourth-order valence-corrected chi connectivity index (χ4v) is 15.3. The van der Waals surface area contributed by atoms with Gasteiger partial charge in [-0.15, -0.1) is 0 Å². The Morgan fingerprint density at radius 2 is 1.07 bits per heavy atom. The van der Waals surface area contributed by atoms with Crippen molar-refractivity contribution >= 4 is 99.2 Å². The second-order valence-electron chi connectivity index (χ2n) is 24.7. The van der Waals surface area contributed by atoms with E-state index in [0.29, 0.717) is 5.95 Å². The molecule has 0 aliphatic heterocycles. The van der Waals surface area contributed by atoms with Gasteiger partial charge in [0.15, 0.2) is 5.65 Å². The number of benzene rings is 12. The lowest BCUT2D eigenvalue weighted by atomic mass is 9.77. The van der Waals surface area contributed by atoms with Crippen LogP contribution >= 0.6 is 0 Å². The van der Waals surface area contributed by atoms with E-state index in [9.17, 15) is 0 Å². The first-order valence-electron chi connectivity index (χ1n) is 31.7. The molecule has 0 amide bonds. The molecule has 19 rings (SSSR count). The fourth-order valence-electron chi connectivity index (χ4n) is 15.3. The molecule has 12 aromatic carbocycles. The summed E-state index contributed by atoms with van der Waals surface area (Å²) < 4.78 is 6.85. The minimum atomic E-state index is 0.0206. The Balaban J connectivity index is 0.799. The molecule has 92 heavy (non-hydrogen) atoms. The highest BCUT2D eigenvalue weighted by Gasteiger charge is 2.37. The summed E-state index contributed by atoms with van der Waals surface area (Å²) in [7, 11) is 0. The molecule has 1 unspecified atom stereocenters. The van der Waals surface area contributed by atoms with E-state index in [0.717, 1.165) is 89.4 Å². The minimum Gasteiger partial charge on any atom is -0.309 e. The molecule has 6 nitrogen and oxygen atoms in total. The van der Waals surface area contributed by atoms with E-state index >= 15 is 0 Å². The van der Waals surface area contributed by atoms with Crippen molar-refractivity contribution in [2.75, 3.05) is 0 Å². The summed E-state index contributed by atoms with van der Waals surface area (Å²) in [6.45, 7) is 2.23. The Morgan fingerprint density at radius 1 is 0.424 bits per heavy atom. The number of aromatic nitrogens is 6. The number of rotatable bonds is 8. The van der Waals surface area contributed by atoms with E-state index in [1.807, 2.05) is 0 Å². The molecule has 430 valence electrons. The molecule has 0 radical (unpaired) electrons. The van der Waals surface area contributed by atoms with E-state index in [1.54, 1.807) is 0 Å². The summed E-state index contributed by atoms with van der Waals surface area (Å²) in [6.07, 6.45) is 7.88. The summed E-state index contributed by atoms with van der Waals surface area (Å²) in [5.74, 6) is 0.604. The van der Waals surface area contributed by atoms with Gasteiger partial charge in [-0.1, -0.05) is 212 Å². The van der Waals surface area contributed by atoms with E-state index in [2.05, 4.69) is 324 Å². The number of aryl methyl sites for hydroxylation is 1. The van der Waals surface area contributed by atoms with Crippen molar-refractivity contribution in [2.45, 2.75) is 19.3 Å². The monoisotopic (exact) mass is 1170 g/mol. The Hall–Kier alpha value is -12.0. The zero-order valence-corrected chi connectivity index (χ0v) is 50.3. The van der Waals surface area contributed by atoms with Gasteiger partial charge in [0.1, 0.15) is 5.52 Å². The molecule has 0 saturated heterocycles. The quantitative estimate of drug-likeness (QED) is 0.152. The van der Waals surface area contributed by atoms with Gasteiger partial charge in [-0.25, -0.2) is 15.0 Å². The van der Waals surface area contributed by atoms with Crippen molar-refractivity contribution in [3.63, 3.8) is 0 Å².